The summed E-state index contributed by atoms with van der Waals surface area (Å²) in [5.74, 6) is 0. The molecule has 0 aliphatic heterocycles. The molecule has 0 saturated carbocycles. The van der Waals surface area contributed by atoms with Crippen LogP contribution >= 0.6 is 0 Å². The minimum atomic E-state index is -3.11. The number of unbranched alkanes of at least 4 members (excludes halogenated alkanes) is 3. The molecule has 0 saturated heterocycles. The normalized spacial score (nSPS) is 11.6. The molecule has 3 rings (SSSR count). The molecule has 0 aromatic heterocycles. The van der Waals surface area contributed by atoms with Crippen LogP contribution in [0.25, 0.3) is 0 Å². The van der Waals surface area contributed by atoms with Gasteiger partial charge in [-0.3, -0.25) is 0 Å². The van der Waals surface area contributed by atoms with Crippen LogP contribution in [0.3, 0.4) is 0 Å². The Bertz CT molecular complexity index is 966. The Labute approximate surface area is 208 Å². The Balaban J connectivity index is 2.38. The molecule has 0 radical (unpaired) electrons. The zero-order valence-electron chi connectivity index (χ0n) is 21.3. The molecule has 4 heteroatoms. The van der Waals surface area contributed by atoms with Gasteiger partial charge in [0.05, 0.1) is 0 Å². The van der Waals surface area contributed by atoms with Gasteiger partial charge in [-0.05, 0) is 60.4 Å². The molecule has 0 atom stereocenters. The van der Waals surface area contributed by atoms with E-state index in [9.17, 15) is 10.0 Å². The van der Waals surface area contributed by atoms with Crippen LogP contribution in [0.4, 0.5) is 0 Å². The van der Waals surface area contributed by atoms with Crippen molar-refractivity contribution in [3.05, 3.63) is 89.5 Å². The molecule has 3 aromatic carbocycles. The summed E-state index contributed by atoms with van der Waals surface area (Å²) in [5, 5.41) is 25.8. The van der Waals surface area contributed by atoms with Gasteiger partial charge in [-0.15, -0.1) is 0 Å². The van der Waals surface area contributed by atoms with Crippen molar-refractivity contribution in [2.75, 3.05) is 0 Å². The van der Waals surface area contributed by atoms with Gasteiger partial charge < -0.3 is 10.0 Å². The highest BCUT2D eigenvalue weighted by Gasteiger charge is 2.51. The van der Waals surface area contributed by atoms with Gasteiger partial charge in [0.15, 0.2) is 7.94 Å². The zero-order valence-corrected chi connectivity index (χ0v) is 22.3. The molecule has 0 bridgehead atoms. The Morgan fingerprint density at radius 3 is 1.53 bits per heavy atom. The second-order valence-corrected chi connectivity index (χ2v) is 13.3. The molecule has 0 fully saturated rings. The van der Waals surface area contributed by atoms with Crippen LogP contribution in [0.2, 0.25) is 0 Å². The number of aryl methyl sites for hydroxylation is 1. The highest BCUT2D eigenvalue weighted by atomic mass is 28.3. The van der Waals surface area contributed by atoms with E-state index in [-0.39, 0.29) is 0 Å². The van der Waals surface area contributed by atoms with Gasteiger partial charge in [-0.25, -0.2) is 0 Å². The van der Waals surface area contributed by atoms with E-state index in [4.69, 9.17) is 0 Å². The molecule has 0 amide bonds. The highest BCUT2D eigenvalue weighted by Crippen LogP contribution is 2.24. The first-order valence-corrected chi connectivity index (χ1v) is 15.3. The molecule has 2 nitrogen and oxygen atoms in total. The van der Waals surface area contributed by atoms with Crippen molar-refractivity contribution in [3.8, 4) is 0 Å². The Hall–Kier alpha value is -2.14. The number of benzene rings is 3. The lowest BCUT2D eigenvalue weighted by atomic mass is 9.91. The van der Waals surface area contributed by atoms with E-state index in [2.05, 4.69) is 57.2 Å². The van der Waals surface area contributed by atoms with E-state index in [0.29, 0.717) is 0 Å². The highest BCUT2D eigenvalue weighted by molar-refractivity contribution is 7.45. The van der Waals surface area contributed by atoms with Crippen LogP contribution in [0.1, 0.15) is 76.0 Å². The molecular weight excluding hydrogens is 431 g/mol. The average Bonchev–Trinajstić information content (AvgIpc) is 2.87. The van der Waals surface area contributed by atoms with Crippen molar-refractivity contribution in [2.45, 2.75) is 78.6 Å². The van der Waals surface area contributed by atoms with Gasteiger partial charge >= 0.3 is 6.71 Å². The summed E-state index contributed by atoms with van der Waals surface area (Å²) in [4.78, 5) is 0. The first-order valence-electron chi connectivity index (χ1n) is 13.2. The molecule has 180 valence electrons. The molecule has 0 aliphatic carbocycles. The lowest BCUT2D eigenvalue weighted by molar-refractivity contribution is 0.432. The van der Waals surface area contributed by atoms with Crippen molar-refractivity contribution in [1.82, 2.24) is 0 Å². The fourth-order valence-corrected chi connectivity index (χ4v) is 9.70. The van der Waals surface area contributed by atoms with Crippen LogP contribution in [0.15, 0.2) is 72.8 Å². The predicted molar refractivity (Wildman–Crippen MR) is 150 cm³/mol. The quantitative estimate of drug-likeness (QED) is 0.279. The molecule has 3 aromatic rings. The van der Waals surface area contributed by atoms with Gasteiger partial charge in [-0.1, -0.05) is 123 Å². The number of hydrogen-bond donors (Lipinski definition) is 2. The molecular formula is C30H41BO2Si. The fraction of sp³-hybridized carbons (Fsp3) is 0.400. The molecule has 0 spiro atoms. The van der Waals surface area contributed by atoms with Crippen LogP contribution < -0.4 is 15.6 Å². The van der Waals surface area contributed by atoms with Crippen LogP contribution in [-0.4, -0.2) is 24.7 Å². The minimum absolute atomic E-state index is 0.992. The summed E-state index contributed by atoms with van der Waals surface area (Å²) in [5.41, 5.74) is 4.32. The molecule has 34 heavy (non-hydrogen) atoms. The third-order valence-corrected chi connectivity index (χ3v) is 11.7. The summed E-state index contributed by atoms with van der Waals surface area (Å²) in [6.07, 6.45) is 10.1. The van der Waals surface area contributed by atoms with E-state index in [1.165, 1.54) is 34.7 Å². The third kappa shape index (κ3) is 5.56. The molecule has 2 N–H and O–H groups in total. The van der Waals surface area contributed by atoms with E-state index in [1.54, 1.807) is 0 Å². The van der Waals surface area contributed by atoms with E-state index < -0.39 is 14.7 Å². The van der Waals surface area contributed by atoms with Crippen molar-refractivity contribution in [2.24, 2.45) is 0 Å². The molecule has 0 unspecified atom stereocenters. The number of hydrogen-bond acceptors (Lipinski definition) is 2. The van der Waals surface area contributed by atoms with Crippen LogP contribution in [-0.2, 0) is 19.3 Å². The van der Waals surface area contributed by atoms with Crippen LogP contribution in [0, 0.1) is 0 Å². The minimum Gasteiger partial charge on any atom is -0.429 e. The summed E-state index contributed by atoms with van der Waals surface area (Å²) < 4.78 is 0. The largest absolute Gasteiger partial charge is 0.444 e. The maximum absolute atomic E-state index is 11.3. The second-order valence-electron chi connectivity index (χ2n) is 9.45. The SMILES string of the molecule is CCCCc1ccc([Si](B(O)O)(c2ccccc2)c2ccccc2)c(CCCC)c1CCCC. The molecule has 0 heterocycles. The number of rotatable bonds is 13. The monoisotopic (exact) mass is 472 g/mol. The summed E-state index contributed by atoms with van der Waals surface area (Å²) in [6, 6.07) is 25.1. The summed E-state index contributed by atoms with van der Waals surface area (Å²) >= 11 is 0. The van der Waals surface area contributed by atoms with Crippen molar-refractivity contribution >= 4 is 30.2 Å². The maximum atomic E-state index is 11.3. The third-order valence-electron chi connectivity index (χ3n) is 7.16. The Kier molecular flexibility index (Phi) is 10.2. The van der Waals surface area contributed by atoms with Gasteiger partial charge in [0.25, 0.3) is 0 Å². The first-order chi connectivity index (χ1) is 16.6. The van der Waals surface area contributed by atoms with Crippen molar-refractivity contribution < 1.29 is 10.0 Å². The standard InChI is InChI=1S/C30H41BO2Si/c1-4-7-16-25-23-24-30(29(22-9-6-3)28(25)21-8-5-2)34(31(32)33,26-17-12-10-13-18-26)27-19-14-11-15-20-27/h10-15,17-20,23-24,32-33H,4-9,16,21-22H2,1-3H3. The molecule has 0 aliphatic rings. The van der Waals surface area contributed by atoms with Gasteiger partial charge in [0.1, 0.15) is 0 Å². The fourth-order valence-electron chi connectivity index (χ4n) is 5.33. The van der Waals surface area contributed by atoms with E-state index >= 15 is 0 Å². The van der Waals surface area contributed by atoms with Crippen molar-refractivity contribution in [1.29, 1.82) is 0 Å². The maximum Gasteiger partial charge on any atom is 0.444 e. The lowest BCUT2D eigenvalue weighted by Crippen LogP contribution is -2.77. The average molecular weight is 473 g/mol. The smallest absolute Gasteiger partial charge is 0.429 e. The summed E-state index contributed by atoms with van der Waals surface area (Å²) in [6.45, 7) is 5.32. The van der Waals surface area contributed by atoms with Gasteiger partial charge in [-0.2, -0.15) is 0 Å². The van der Waals surface area contributed by atoms with Gasteiger partial charge in [0, 0.05) is 0 Å². The Morgan fingerprint density at radius 1 is 0.588 bits per heavy atom. The van der Waals surface area contributed by atoms with Crippen LogP contribution in [0.5, 0.6) is 0 Å². The summed E-state index contributed by atoms with van der Waals surface area (Å²) in [7, 11) is -3.11. The van der Waals surface area contributed by atoms with E-state index in [1.807, 2.05) is 36.4 Å². The zero-order chi connectivity index (χ0) is 24.4. The first kappa shape index (κ1) is 26.5. The topological polar surface area (TPSA) is 40.5 Å². The van der Waals surface area contributed by atoms with E-state index in [0.717, 1.165) is 55.3 Å². The Morgan fingerprint density at radius 2 is 1.06 bits per heavy atom. The second kappa shape index (κ2) is 13.1. The predicted octanol–water partition coefficient (Wildman–Crippen LogP) is 4.74. The van der Waals surface area contributed by atoms with Crippen molar-refractivity contribution in [3.63, 3.8) is 0 Å². The van der Waals surface area contributed by atoms with Gasteiger partial charge in [0.2, 0.25) is 0 Å². The lowest BCUT2D eigenvalue weighted by Gasteiger charge is -2.35.